The van der Waals surface area contributed by atoms with Gasteiger partial charge in [-0.05, 0) is 23.8 Å². The van der Waals surface area contributed by atoms with Crippen molar-refractivity contribution in [3.63, 3.8) is 0 Å². The van der Waals surface area contributed by atoms with Crippen molar-refractivity contribution >= 4 is 11.7 Å². The van der Waals surface area contributed by atoms with Gasteiger partial charge in [0, 0.05) is 44.9 Å². The summed E-state index contributed by atoms with van der Waals surface area (Å²) >= 11 is 0. The van der Waals surface area contributed by atoms with Crippen LogP contribution in [0.2, 0.25) is 0 Å². The first-order valence-corrected chi connectivity index (χ1v) is 7.75. The van der Waals surface area contributed by atoms with Crippen molar-refractivity contribution < 1.29 is 18.6 Å². The van der Waals surface area contributed by atoms with Crippen LogP contribution in [0.3, 0.4) is 0 Å². The Balaban J connectivity index is 1.57. The zero-order valence-corrected chi connectivity index (χ0v) is 13.1. The van der Waals surface area contributed by atoms with Crippen molar-refractivity contribution in [1.82, 2.24) is 9.80 Å². The molecule has 3 rings (SSSR count). The van der Waals surface area contributed by atoms with Gasteiger partial charge in [0.2, 0.25) is 0 Å². The second-order valence-corrected chi connectivity index (χ2v) is 5.88. The number of piperazine rings is 1. The maximum atomic E-state index is 13.2. The highest BCUT2D eigenvalue weighted by Crippen LogP contribution is 2.13. The van der Waals surface area contributed by atoms with E-state index in [2.05, 4.69) is 9.88 Å². The van der Waals surface area contributed by atoms with Crippen molar-refractivity contribution in [2.45, 2.75) is 6.54 Å². The largest absolute Gasteiger partial charge is 0.336 e. The van der Waals surface area contributed by atoms with Gasteiger partial charge in [0.05, 0.1) is 5.56 Å². The molecule has 1 amide bonds. The van der Waals surface area contributed by atoms with Crippen LogP contribution in [-0.4, -0.2) is 41.9 Å². The number of benzene rings is 1. The van der Waals surface area contributed by atoms with Crippen LogP contribution < -0.4 is 10.7 Å². The van der Waals surface area contributed by atoms with Gasteiger partial charge in [-0.15, -0.1) is 0 Å². The highest BCUT2D eigenvalue weighted by atomic mass is 19.1. The van der Waals surface area contributed by atoms with E-state index in [1.54, 1.807) is 23.2 Å². The quantitative estimate of drug-likeness (QED) is 0.921. The molecule has 2 heterocycles. The van der Waals surface area contributed by atoms with Crippen LogP contribution in [0.5, 0.6) is 0 Å². The highest BCUT2D eigenvalue weighted by Gasteiger charge is 2.23. The lowest BCUT2D eigenvalue weighted by molar-refractivity contribution is -0.360. The van der Waals surface area contributed by atoms with Crippen LogP contribution >= 0.6 is 0 Å². The molecule has 1 aliphatic heterocycles. The van der Waals surface area contributed by atoms with Crippen molar-refractivity contribution in [2.24, 2.45) is 0 Å². The van der Waals surface area contributed by atoms with Crippen LogP contribution in [0, 0.1) is 11.6 Å². The van der Waals surface area contributed by atoms with Crippen LogP contribution in [0.25, 0.3) is 0 Å². The van der Waals surface area contributed by atoms with E-state index in [9.17, 15) is 13.6 Å². The Morgan fingerprint density at radius 3 is 2.33 bits per heavy atom. The number of carbonyl (C=O) groups excluding carboxylic acids is 1. The Bertz CT molecular complexity index is 708. The zero-order valence-electron chi connectivity index (χ0n) is 13.1. The van der Waals surface area contributed by atoms with E-state index in [-0.39, 0.29) is 5.91 Å². The normalized spacial score (nSPS) is 15.5. The van der Waals surface area contributed by atoms with E-state index in [4.69, 9.17) is 5.73 Å². The zero-order chi connectivity index (χ0) is 17.1. The lowest BCUT2D eigenvalue weighted by atomic mass is 10.1. The molecule has 1 aliphatic rings. The summed E-state index contributed by atoms with van der Waals surface area (Å²) in [5.74, 6) is -0.696. The number of carbonyl (C=O) groups is 1. The number of nitrogens with two attached hydrogens (primary N) is 1. The summed E-state index contributed by atoms with van der Waals surface area (Å²) in [5, 5.41) is 0. The molecule has 1 aromatic carbocycles. The lowest BCUT2D eigenvalue weighted by Crippen LogP contribution is -2.48. The molecule has 1 fully saturated rings. The maximum absolute atomic E-state index is 13.2. The number of H-pyrrole nitrogens is 1. The smallest absolute Gasteiger partial charge is 0.270 e. The molecular weight excluding hydrogens is 314 g/mol. The molecule has 0 atom stereocenters. The van der Waals surface area contributed by atoms with Crippen molar-refractivity contribution in [2.75, 3.05) is 31.9 Å². The third-order valence-electron chi connectivity index (χ3n) is 4.07. The van der Waals surface area contributed by atoms with E-state index < -0.39 is 11.6 Å². The molecular formula is C17H19F2N4O+. The monoisotopic (exact) mass is 333 g/mol. The predicted molar refractivity (Wildman–Crippen MR) is 84.9 cm³/mol. The molecule has 24 heavy (non-hydrogen) atoms. The molecule has 0 bridgehead atoms. The van der Waals surface area contributed by atoms with Gasteiger partial charge in [-0.3, -0.25) is 15.4 Å². The molecule has 2 aromatic rings. The first-order chi connectivity index (χ1) is 11.5. The first-order valence-electron chi connectivity index (χ1n) is 7.75. The van der Waals surface area contributed by atoms with Crippen LogP contribution in [-0.2, 0) is 6.54 Å². The van der Waals surface area contributed by atoms with Gasteiger partial charge in [-0.1, -0.05) is 0 Å². The molecule has 3 N–H and O–H groups in total. The maximum Gasteiger partial charge on any atom is 0.270 e. The molecule has 0 unspecified atom stereocenters. The van der Waals surface area contributed by atoms with Crippen molar-refractivity contribution in [1.29, 1.82) is 0 Å². The summed E-state index contributed by atoms with van der Waals surface area (Å²) in [4.78, 5) is 19.1. The van der Waals surface area contributed by atoms with Crippen LogP contribution in [0.15, 0.2) is 36.5 Å². The van der Waals surface area contributed by atoms with Gasteiger partial charge >= 0.3 is 0 Å². The minimum Gasteiger partial charge on any atom is -0.336 e. The van der Waals surface area contributed by atoms with Gasteiger partial charge < -0.3 is 4.90 Å². The Kier molecular flexibility index (Phi) is 4.71. The number of nitrogens with zero attached hydrogens (tertiary/aromatic N) is 2. The molecule has 1 saturated heterocycles. The molecule has 7 heteroatoms. The molecule has 0 saturated carbocycles. The number of amides is 1. The van der Waals surface area contributed by atoms with Gasteiger partial charge in [-0.25, -0.2) is 13.8 Å². The van der Waals surface area contributed by atoms with E-state index in [1.807, 2.05) is 0 Å². The minimum atomic E-state index is -0.571. The second-order valence-electron chi connectivity index (χ2n) is 5.88. The molecule has 1 aromatic heterocycles. The SMILES string of the molecule is Nc1ccc(C(=O)N2CCN(Cc3cc(F)cc(F)c3)CC2)c[nH+]1. The molecule has 0 aliphatic carbocycles. The Labute approximate surface area is 138 Å². The predicted octanol–water partition coefficient (Wildman–Crippen LogP) is 1.32. The summed E-state index contributed by atoms with van der Waals surface area (Å²) in [6.07, 6.45) is 1.60. The summed E-state index contributed by atoms with van der Waals surface area (Å²) < 4.78 is 26.5. The third-order valence-corrected chi connectivity index (χ3v) is 4.07. The number of halogens is 2. The Hall–Kier alpha value is -2.54. The standard InChI is InChI=1S/C17H18F2N4O/c18-14-7-12(8-15(19)9-14)11-22-3-5-23(6-4-22)17(24)13-1-2-16(20)21-10-13/h1-2,7-10H,3-6,11H2,(H2,20,21)/p+1. The topological polar surface area (TPSA) is 63.7 Å². The van der Waals surface area contributed by atoms with Crippen molar-refractivity contribution in [3.05, 3.63) is 59.3 Å². The molecule has 0 radical (unpaired) electrons. The van der Waals surface area contributed by atoms with E-state index in [0.29, 0.717) is 49.7 Å². The van der Waals surface area contributed by atoms with Gasteiger partial charge in [0.15, 0.2) is 0 Å². The van der Waals surface area contributed by atoms with Crippen LogP contribution in [0.1, 0.15) is 15.9 Å². The fraction of sp³-hybridized carbons (Fsp3) is 0.294. The van der Waals surface area contributed by atoms with E-state index in [0.717, 1.165) is 6.07 Å². The molecule has 0 spiro atoms. The van der Waals surface area contributed by atoms with Crippen LogP contribution in [0.4, 0.5) is 14.6 Å². The lowest BCUT2D eigenvalue weighted by Gasteiger charge is -2.34. The van der Waals surface area contributed by atoms with Gasteiger partial charge in [0.1, 0.15) is 17.8 Å². The number of nitrogen functional groups attached to an aromatic ring is 1. The molecule has 126 valence electrons. The summed E-state index contributed by atoms with van der Waals surface area (Å²) in [6, 6.07) is 6.89. The number of hydrogen-bond acceptors (Lipinski definition) is 3. The number of aromatic amines is 1. The average Bonchev–Trinajstić information content (AvgIpc) is 2.55. The van der Waals surface area contributed by atoms with Gasteiger partial charge in [-0.2, -0.15) is 0 Å². The third kappa shape index (κ3) is 3.86. The minimum absolute atomic E-state index is 0.0531. The Morgan fingerprint density at radius 2 is 1.75 bits per heavy atom. The second kappa shape index (κ2) is 6.92. The fourth-order valence-corrected chi connectivity index (χ4v) is 2.82. The number of anilines is 1. The summed E-state index contributed by atoms with van der Waals surface area (Å²) in [5.41, 5.74) is 6.74. The van der Waals surface area contributed by atoms with Gasteiger partial charge in [0.25, 0.3) is 11.7 Å². The number of rotatable bonds is 3. The number of hydrogen-bond donors (Lipinski definition) is 1. The van der Waals surface area contributed by atoms with E-state index in [1.165, 1.54) is 12.1 Å². The van der Waals surface area contributed by atoms with E-state index >= 15 is 0 Å². The summed E-state index contributed by atoms with van der Waals surface area (Å²) in [6.45, 7) is 2.92. The Morgan fingerprint density at radius 1 is 1.08 bits per heavy atom. The number of aromatic nitrogens is 1. The number of nitrogens with one attached hydrogen (secondary N) is 1. The summed E-state index contributed by atoms with van der Waals surface area (Å²) in [7, 11) is 0. The number of pyridine rings is 1. The average molecular weight is 333 g/mol. The first kappa shape index (κ1) is 16.3. The molecule has 5 nitrogen and oxygen atoms in total. The highest BCUT2D eigenvalue weighted by molar-refractivity contribution is 5.93. The van der Waals surface area contributed by atoms with Crippen molar-refractivity contribution in [3.8, 4) is 0 Å². The fourth-order valence-electron chi connectivity index (χ4n) is 2.82.